The molecule has 1 saturated heterocycles. The summed E-state index contributed by atoms with van der Waals surface area (Å²) in [5.74, 6) is 0.609. The molecule has 0 spiro atoms. The normalized spacial score (nSPS) is 23.8. The maximum Gasteiger partial charge on any atom is 0.151 e. The van der Waals surface area contributed by atoms with Gasteiger partial charge in [-0.1, -0.05) is 0 Å². The lowest BCUT2D eigenvalue weighted by molar-refractivity contribution is 0.479. The van der Waals surface area contributed by atoms with E-state index in [4.69, 9.17) is 0 Å². The average molecular weight is 257 g/mol. The van der Waals surface area contributed by atoms with Crippen molar-refractivity contribution in [1.29, 1.82) is 0 Å². The summed E-state index contributed by atoms with van der Waals surface area (Å²) in [5, 5.41) is 10.4. The molecule has 2 rings (SSSR count). The summed E-state index contributed by atoms with van der Waals surface area (Å²) in [7, 11) is -2.83. The van der Waals surface area contributed by atoms with Gasteiger partial charge in [-0.15, -0.1) is 0 Å². The van der Waals surface area contributed by atoms with Crippen LogP contribution >= 0.6 is 0 Å². The van der Waals surface area contributed by atoms with Crippen molar-refractivity contribution < 1.29 is 8.42 Å². The van der Waals surface area contributed by atoms with Crippen LogP contribution in [0.25, 0.3) is 0 Å². The van der Waals surface area contributed by atoms with Crippen molar-refractivity contribution in [2.24, 2.45) is 0 Å². The van der Waals surface area contributed by atoms with Gasteiger partial charge in [-0.25, -0.2) is 8.42 Å². The predicted molar refractivity (Wildman–Crippen MR) is 66.6 cm³/mol. The fraction of sp³-hybridized carbons (Fsp3) is 0.727. The van der Waals surface area contributed by atoms with Crippen LogP contribution in [0.4, 0.5) is 0 Å². The predicted octanol–water partition coefficient (Wildman–Crippen LogP) is 0.693. The van der Waals surface area contributed by atoms with E-state index in [0.29, 0.717) is 12.3 Å². The number of aryl methyl sites for hydroxylation is 2. The maximum atomic E-state index is 11.5. The van der Waals surface area contributed by atoms with Gasteiger partial charge in [-0.3, -0.25) is 5.10 Å². The smallest absolute Gasteiger partial charge is 0.151 e. The van der Waals surface area contributed by atoms with E-state index in [2.05, 4.69) is 15.5 Å². The highest BCUT2D eigenvalue weighted by atomic mass is 32.2. The van der Waals surface area contributed by atoms with Gasteiger partial charge in [0.1, 0.15) is 0 Å². The van der Waals surface area contributed by atoms with Crippen molar-refractivity contribution in [2.75, 3.05) is 11.5 Å². The van der Waals surface area contributed by atoms with Crippen LogP contribution in [0.3, 0.4) is 0 Å². The van der Waals surface area contributed by atoms with E-state index >= 15 is 0 Å². The lowest BCUT2D eigenvalue weighted by atomic mass is 10.1. The molecule has 0 saturated carbocycles. The van der Waals surface area contributed by atoms with Gasteiger partial charge in [0.2, 0.25) is 0 Å². The largest absolute Gasteiger partial charge is 0.309 e. The Hall–Kier alpha value is -0.880. The molecule has 1 aromatic rings. The molecule has 1 unspecified atom stereocenters. The van der Waals surface area contributed by atoms with Crippen LogP contribution in [-0.2, 0) is 16.4 Å². The summed E-state index contributed by atoms with van der Waals surface area (Å²) in [6.07, 6.45) is 1.71. The summed E-state index contributed by atoms with van der Waals surface area (Å²) >= 11 is 0. The van der Waals surface area contributed by atoms with E-state index in [9.17, 15) is 8.42 Å². The first-order chi connectivity index (χ1) is 7.98. The Bertz CT molecular complexity index is 473. The molecule has 96 valence electrons. The van der Waals surface area contributed by atoms with Gasteiger partial charge in [0.25, 0.3) is 0 Å². The molecule has 1 fully saturated rings. The topological polar surface area (TPSA) is 74.8 Å². The average Bonchev–Trinajstić information content (AvgIpc) is 2.55. The number of nitrogens with zero attached hydrogens (tertiary/aromatic N) is 1. The number of H-pyrrole nitrogens is 1. The fourth-order valence-electron chi connectivity index (χ4n) is 2.26. The van der Waals surface area contributed by atoms with Crippen molar-refractivity contribution >= 4 is 9.84 Å². The van der Waals surface area contributed by atoms with Gasteiger partial charge in [-0.05, 0) is 26.7 Å². The lowest BCUT2D eigenvalue weighted by Crippen LogP contribution is -2.39. The van der Waals surface area contributed by atoms with Crippen molar-refractivity contribution in [1.82, 2.24) is 15.5 Å². The summed E-state index contributed by atoms with van der Waals surface area (Å²) in [6, 6.07) is 0.0856. The van der Waals surface area contributed by atoms with Crippen molar-refractivity contribution in [2.45, 2.75) is 39.3 Å². The summed E-state index contributed by atoms with van der Waals surface area (Å²) in [4.78, 5) is 0. The highest BCUT2D eigenvalue weighted by Crippen LogP contribution is 2.14. The fourth-order valence-corrected chi connectivity index (χ4v) is 3.94. The molecule has 0 aromatic carbocycles. The first-order valence-electron chi connectivity index (χ1n) is 5.92. The van der Waals surface area contributed by atoms with E-state index in [-0.39, 0.29) is 11.8 Å². The second-order valence-corrected chi connectivity index (χ2v) is 6.98. The monoisotopic (exact) mass is 257 g/mol. The second-order valence-electron chi connectivity index (χ2n) is 4.75. The molecule has 1 aliphatic rings. The number of sulfone groups is 1. The molecule has 1 aromatic heterocycles. The molecule has 0 bridgehead atoms. The number of rotatable bonds is 3. The molecule has 1 atom stereocenters. The molecule has 0 aliphatic carbocycles. The van der Waals surface area contributed by atoms with Gasteiger partial charge in [-0.2, -0.15) is 5.10 Å². The molecule has 6 heteroatoms. The standard InChI is InChI=1S/C11H19N3O2S/c1-8-11(9(2)14-13-8)6-12-10-4-3-5-17(15,16)7-10/h10,12H,3-7H2,1-2H3,(H,13,14). The highest BCUT2D eigenvalue weighted by molar-refractivity contribution is 7.91. The van der Waals surface area contributed by atoms with Crippen LogP contribution in [0.1, 0.15) is 29.8 Å². The van der Waals surface area contributed by atoms with Crippen LogP contribution in [-0.4, -0.2) is 36.2 Å². The van der Waals surface area contributed by atoms with Gasteiger partial charge < -0.3 is 5.32 Å². The molecular formula is C11H19N3O2S. The Labute approximate surface area is 102 Å². The van der Waals surface area contributed by atoms with Crippen LogP contribution in [0.2, 0.25) is 0 Å². The zero-order chi connectivity index (χ0) is 12.5. The molecule has 5 nitrogen and oxygen atoms in total. The third kappa shape index (κ3) is 3.07. The molecule has 0 radical (unpaired) electrons. The van der Waals surface area contributed by atoms with Gasteiger partial charge in [0.15, 0.2) is 9.84 Å². The van der Waals surface area contributed by atoms with Gasteiger partial charge >= 0.3 is 0 Å². The number of nitrogens with one attached hydrogen (secondary N) is 2. The first-order valence-corrected chi connectivity index (χ1v) is 7.74. The summed E-state index contributed by atoms with van der Waals surface area (Å²) in [6.45, 7) is 4.63. The molecule has 2 heterocycles. The SMILES string of the molecule is Cc1n[nH]c(C)c1CNC1CCCS(=O)(=O)C1. The second kappa shape index (κ2) is 4.78. The molecule has 17 heavy (non-hydrogen) atoms. The van der Waals surface area contributed by atoms with Crippen LogP contribution in [0.15, 0.2) is 0 Å². The van der Waals surface area contributed by atoms with E-state index in [1.165, 1.54) is 0 Å². The van der Waals surface area contributed by atoms with E-state index in [1.54, 1.807) is 0 Å². The third-order valence-corrected chi connectivity index (χ3v) is 5.13. The lowest BCUT2D eigenvalue weighted by Gasteiger charge is -2.23. The van der Waals surface area contributed by atoms with Crippen LogP contribution in [0, 0.1) is 13.8 Å². The number of aromatic amines is 1. The van der Waals surface area contributed by atoms with Crippen molar-refractivity contribution in [3.05, 3.63) is 17.0 Å². The molecule has 1 aliphatic heterocycles. The Balaban J connectivity index is 1.95. The summed E-state index contributed by atoms with van der Waals surface area (Å²) in [5.41, 5.74) is 3.18. The minimum Gasteiger partial charge on any atom is -0.309 e. The van der Waals surface area contributed by atoms with E-state index < -0.39 is 9.84 Å². The number of hydrogen-bond acceptors (Lipinski definition) is 4. The van der Waals surface area contributed by atoms with Crippen molar-refractivity contribution in [3.63, 3.8) is 0 Å². The Morgan fingerprint density at radius 2 is 2.24 bits per heavy atom. The Morgan fingerprint density at radius 3 is 2.82 bits per heavy atom. The quantitative estimate of drug-likeness (QED) is 0.835. The van der Waals surface area contributed by atoms with E-state index in [0.717, 1.165) is 29.8 Å². The van der Waals surface area contributed by atoms with Crippen molar-refractivity contribution in [3.8, 4) is 0 Å². The molecular weight excluding hydrogens is 238 g/mol. The Kier molecular flexibility index (Phi) is 3.53. The summed E-state index contributed by atoms with van der Waals surface area (Å²) < 4.78 is 23.0. The van der Waals surface area contributed by atoms with E-state index in [1.807, 2.05) is 13.8 Å². The van der Waals surface area contributed by atoms with Crippen LogP contribution < -0.4 is 5.32 Å². The molecule has 0 amide bonds. The Morgan fingerprint density at radius 1 is 1.47 bits per heavy atom. The first kappa shape index (κ1) is 12.6. The maximum absolute atomic E-state index is 11.5. The minimum atomic E-state index is -2.83. The number of hydrogen-bond donors (Lipinski definition) is 2. The number of aromatic nitrogens is 2. The molecule has 2 N–H and O–H groups in total. The zero-order valence-electron chi connectivity index (χ0n) is 10.3. The minimum absolute atomic E-state index is 0.0856. The van der Waals surface area contributed by atoms with Crippen LogP contribution in [0.5, 0.6) is 0 Å². The zero-order valence-corrected chi connectivity index (χ0v) is 11.1. The highest BCUT2D eigenvalue weighted by Gasteiger charge is 2.24. The van der Waals surface area contributed by atoms with Gasteiger partial charge in [0, 0.05) is 23.8 Å². The van der Waals surface area contributed by atoms with Gasteiger partial charge in [0.05, 0.1) is 17.2 Å². The third-order valence-electron chi connectivity index (χ3n) is 3.31.